The van der Waals surface area contributed by atoms with Crippen LogP contribution in [0.25, 0.3) is 10.9 Å². The number of rotatable bonds is 8. The number of carbonyl (C=O) groups is 2. The van der Waals surface area contributed by atoms with E-state index >= 15 is 0 Å². The Hall–Kier alpha value is -2.95. The maximum Gasteiger partial charge on any atom is 0.413 e. The molecule has 1 N–H and O–H groups in total. The lowest BCUT2D eigenvalue weighted by Gasteiger charge is -2.41. The van der Waals surface area contributed by atoms with Crippen LogP contribution in [-0.4, -0.2) is 102 Å². The molecule has 3 aliphatic heterocycles. The van der Waals surface area contributed by atoms with Gasteiger partial charge in [0.2, 0.25) is 5.91 Å². The molecule has 0 saturated carbocycles. The van der Waals surface area contributed by atoms with Gasteiger partial charge in [-0.3, -0.25) is 19.4 Å². The predicted octanol–water partition coefficient (Wildman–Crippen LogP) is 2.85. The molecule has 5 rings (SSSR count). The van der Waals surface area contributed by atoms with Crippen molar-refractivity contribution in [2.24, 2.45) is 0 Å². The lowest BCUT2D eigenvalue weighted by Crippen LogP contribution is -2.55. The van der Waals surface area contributed by atoms with Gasteiger partial charge in [0.15, 0.2) is 5.75 Å². The van der Waals surface area contributed by atoms with Gasteiger partial charge in [-0.05, 0) is 51.7 Å². The number of aromatic nitrogens is 1. The van der Waals surface area contributed by atoms with Gasteiger partial charge >= 0.3 is 6.09 Å². The first-order valence-corrected chi connectivity index (χ1v) is 14.6. The van der Waals surface area contributed by atoms with Gasteiger partial charge in [-0.2, -0.15) is 0 Å². The van der Waals surface area contributed by atoms with E-state index in [1.165, 1.54) is 0 Å². The number of piperidine rings is 1. The fourth-order valence-electron chi connectivity index (χ4n) is 6.81. The van der Waals surface area contributed by atoms with E-state index in [4.69, 9.17) is 9.47 Å². The van der Waals surface area contributed by atoms with Gasteiger partial charge in [0, 0.05) is 82.9 Å². The quantitative estimate of drug-likeness (QED) is 0.537. The predicted molar refractivity (Wildman–Crippen MR) is 154 cm³/mol. The molecule has 2 amide bonds. The van der Waals surface area contributed by atoms with Gasteiger partial charge < -0.3 is 24.3 Å². The highest BCUT2D eigenvalue weighted by molar-refractivity contribution is 5.81. The molecule has 1 aromatic carbocycles. The number of methoxy groups -OCH3 is 1. The fraction of sp³-hybridized carbons (Fsp3) is 0.633. The summed E-state index contributed by atoms with van der Waals surface area (Å²) in [6.07, 6.45) is 3.45. The first-order chi connectivity index (χ1) is 19.2. The number of amides is 2. The molecular weight excluding hydrogens is 510 g/mol. The van der Waals surface area contributed by atoms with Crippen molar-refractivity contribution in [3.8, 4) is 5.75 Å². The van der Waals surface area contributed by atoms with E-state index in [-0.39, 0.29) is 35.4 Å². The summed E-state index contributed by atoms with van der Waals surface area (Å²) >= 11 is 0. The molecule has 10 nitrogen and oxygen atoms in total. The number of pyridine rings is 1. The number of fused-ring (bicyclic) bond motifs is 3. The Morgan fingerprint density at radius 3 is 2.33 bits per heavy atom. The molecule has 40 heavy (non-hydrogen) atoms. The number of para-hydroxylation sites is 1. The molecule has 10 heteroatoms. The molecular formula is C30H43N5O5. The Kier molecular flexibility index (Phi) is 8.77. The summed E-state index contributed by atoms with van der Waals surface area (Å²) < 4.78 is 13.2. The molecule has 3 aliphatic rings. The summed E-state index contributed by atoms with van der Waals surface area (Å²) in [5.41, 5.74) is 0.527. The monoisotopic (exact) mass is 553 g/mol. The van der Waals surface area contributed by atoms with E-state index in [1.807, 2.05) is 43.0 Å². The Balaban J connectivity index is 1.16. The SMILES string of the molecule is COC(CN1CCN(C(C)=O)CC1)CN1[C@@H]2CC[C@H]1CC(NC(=O)Oc1cc3ccccc3n(C(C)C)c1=O)C2. The highest BCUT2D eigenvalue weighted by atomic mass is 16.6. The van der Waals surface area contributed by atoms with Crippen molar-refractivity contribution in [3.63, 3.8) is 0 Å². The van der Waals surface area contributed by atoms with Gasteiger partial charge in [-0.15, -0.1) is 0 Å². The van der Waals surface area contributed by atoms with Gasteiger partial charge in [0.1, 0.15) is 0 Å². The van der Waals surface area contributed by atoms with Gasteiger partial charge in [0.25, 0.3) is 5.56 Å². The average Bonchev–Trinajstić information content (AvgIpc) is 3.15. The Morgan fingerprint density at radius 2 is 1.70 bits per heavy atom. The molecule has 1 aromatic heterocycles. The third-order valence-corrected chi connectivity index (χ3v) is 8.87. The Morgan fingerprint density at radius 1 is 1.02 bits per heavy atom. The first-order valence-electron chi connectivity index (χ1n) is 14.6. The molecule has 0 spiro atoms. The van der Waals surface area contributed by atoms with Crippen LogP contribution in [0.2, 0.25) is 0 Å². The van der Waals surface area contributed by atoms with Gasteiger partial charge in [-0.25, -0.2) is 4.79 Å². The number of carbonyl (C=O) groups excluding carboxylic acids is 2. The lowest BCUT2D eigenvalue weighted by molar-refractivity contribution is -0.130. The van der Waals surface area contributed by atoms with Crippen molar-refractivity contribution in [2.75, 3.05) is 46.4 Å². The van der Waals surface area contributed by atoms with Gasteiger partial charge in [0.05, 0.1) is 11.6 Å². The van der Waals surface area contributed by atoms with E-state index in [9.17, 15) is 14.4 Å². The topological polar surface area (TPSA) is 96.3 Å². The summed E-state index contributed by atoms with van der Waals surface area (Å²) in [6.45, 7) is 10.5. The third-order valence-electron chi connectivity index (χ3n) is 8.87. The minimum absolute atomic E-state index is 0.00897. The second-order valence-corrected chi connectivity index (χ2v) is 11.8. The number of hydrogen-bond donors (Lipinski definition) is 1. The van der Waals surface area contributed by atoms with E-state index in [1.54, 1.807) is 24.7 Å². The summed E-state index contributed by atoms with van der Waals surface area (Å²) in [5.74, 6) is 0.196. The van der Waals surface area contributed by atoms with Crippen LogP contribution in [0.15, 0.2) is 35.1 Å². The fourth-order valence-corrected chi connectivity index (χ4v) is 6.81. The highest BCUT2D eigenvalue weighted by Crippen LogP contribution is 2.36. The van der Waals surface area contributed by atoms with Crippen LogP contribution in [-0.2, 0) is 9.53 Å². The minimum Gasteiger partial charge on any atom is -0.404 e. The van der Waals surface area contributed by atoms with Crippen LogP contribution < -0.4 is 15.6 Å². The molecule has 3 fully saturated rings. The van der Waals surface area contributed by atoms with Crippen molar-refractivity contribution in [2.45, 2.75) is 76.7 Å². The van der Waals surface area contributed by atoms with Crippen molar-refractivity contribution >= 4 is 22.9 Å². The minimum atomic E-state index is -0.569. The zero-order chi connectivity index (χ0) is 28.4. The highest BCUT2D eigenvalue weighted by Gasteiger charge is 2.42. The summed E-state index contributed by atoms with van der Waals surface area (Å²) in [7, 11) is 1.78. The number of benzene rings is 1. The third kappa shape index (κ3) is 6.19. The van der Waals surface area contributed by atoms with Crippen molar-refractivity contribution in [1.82, 2.24) is 24.6 Å². The van der Waals surface area contributed by atoms with Crippen LogP contribution in [0, 0.1) is 0 Å². The second-order valence-electron chi connectivity index (χ2n) is 11.8. The average molecular weight is 554 g/mol. The number of piperazine rings is 1. The Labute approximate surface area is 236 Å². The number of nitrogens with one attached hydrogen (secondary N) is 1. The normalized spacial score (nSPS) is 24.4. The largest absolute Gasteiger partial charge is 0.413 e. The number of hydrogen-bond acceptors (Lipinski definition) is 7. The van der Waals surface area contributed by atoms with Crippen LogP contribution in [0.5, 0.6) is 5.75 Å². The Bertz CT molecular complexity index is 1260. The van der Waals surface area contributed by atoms with Crippen molar-refractivity contribution < 1.29 is 19.1 Å². The van der Waals surface area contributed by atoms with E-state index in [0.29, 0.717) is 12.1 Å². The van der Waals surface area contributed by atoms with Crippen molar-refractivity contribution in [1.29, 1.82) is 0 Å². The number of ether oxygens (including phenoxy) is 2. The van der Waals surface area contributed by atoms with E-state index in [2.05, 4.69) is 15.1 Å². The maximum atomic E-state index is 13.1. The van der Waals surface area contributed by atoms with Crippen LogP contribution in [0.4, 0.5) is 4.79 Å². The molecule has 0 aliphatic carbocycles. The molecule has 4 atom stereocenters. The zero-order valence-corrected chi connectivity index (χ0v) is 24.2. The first kappa shape index (κ1) is 28.6. The molecule has 3 saturated heterocycles. The van der Waals surface area contributed by atoms with Crippen LogP contribution >= 0.6 is 0 Å². The van der Waals surface area contributed by atoms with E-state index < -0.39 is 6.09 Å². The second kappa shape index (κ2) is 12.3. The summed E-state index contributed by atoms with van der Waals surface area (Å²) in [6, 6.07) is 10.0. The standard InChI is InChI=1S/C30H43N5O5/c1-20(2)35-27-8-6-5-7-22(27)15-28(29(35)37)40-30(38)31-23-16-24-9-10-25(17-23)34(24)19-26(39-4)18-32-11-13-33(14-12-32)21(3)36/h5-8,15,20,23-26H,9-14,16-19H2,1-4H3,(H,31,38)/t23?,24-,25+,26?. The van der Waals surface area contributed by atoms with Crippen LogP contribution in [0.1, 0.15) is 52.5 Å². The van der Waals surface area contributed by atoms with Gasteiger partial charge in [-0.1, -0.05) is 18.2 Å². The lowest BCUT2D eigenvalue weighted by atomic mass is 9.97. The molecule has 2 unspecified atom stereocenters. The molecule has 0 radical (unpaired) electrons. The summed E-state index contributed by atoms with van der Waals surface area (Å²) in [5, 5.41) is 3.91. The maximum absolute atomic E-state index is 13.1. The van der Waals surface area contributed by atoms with Crippen molar-refractivity contribution in [3.05, 3.63) is 40.7 Å². The van der Waals surface area contributed by atoms with E-state index in [0.717, 1.165) is 75.9 Å². The molecule has 4 heterocycles. The molecule has 2 aromatic rings. The summed E-state index contributed by atoms with van der Waals surface area (Å²) in [4.78, 5) is 44.6. The zero-order valence-electron chi connectivity index (χ0n) is 24.2. The smallest absolute Gasteiger partial charge is 0.404 e. The molecule has 218 valence electrons. The molecule has 2 bridgehead atoms. The van der Waals surface area contributed by atoms with Crippen LogP contribution in [0.3, 0.4) is 0 Å². The number of nitrogens with zero attached hydrogens (tertiary/aromatic N) is 4.